The van der Waals surface area contributed by atoms with Gasteiger partial charge in [-0.25, -0.2) is 0 Å². The van der Waals surface area contributed by atoms with E-state index in [2.05, 4.69) is 82.8 Å². The van der Waals surface area contributed by atoms with Crippen molar-refractivity contribution in [3.05, 3.63) is 121 Å². The molecule has 0 unspecified atom stereocenters. The standard InChI is InChI=1S/C32H22N2O2.CHCl3/c1-3-9-25-21(7-1)13-15-23-19-35-27-11-5-17-33-31(27)32-28(12-6-18-34-32)36-20-24-16-14-22-8-2-4-10-26(22)30(24)29(23)25;2-1(3)4/h1-18H,19-20H2;1H. The number of hydrogen-bond donors (Lipinski definition) is 0. The van der Waals surface area contributed by atoms with E-state index in [0.29, 0.717) is 36.1 Å². The van der Waals surface area contributed by atoms with Gasteiger partial charge in [-0.2, -0.15) is 0 Å². The second-order valence-electron chi connectivity index (χ2n) is 9.17. The number of nitrogens with zero attached hydrogens (tertiary/aromatic N) is 2. The Morgan fingerprint density at radius 3 is 1.40 bits per heavy atom. The van der Waals surface area contributed by atoms with Crippen molar-refractivity contribution in [2.45, 2.75) is 17.5 Å². The average molecular weight is 586 g/mol. The van der Waals surface area contributed by atoms with E-state index in [0.717, 1.165) is 11.1 Å². The summed E-state index contributed by atoms with van der Waals surface area (Å²) in [5.41, 5.74) is 5.94. The maximum atomic E-state index is 6.46. The molecular formula is C33H23Cl3N2O2. The second kappa shape index (κ2) is 11.7. The van der Waals surface area contributed by atoms with Gasteiger partial charge in [0.15, 0.2) is 4.30 Å². The van der Waals surface area contributed by atoms with Crippen molar-refractivity contribution < 1.29 is 9.47 Å². The Kier molecular flexibility index (Phi) is 7.74. The molecule has 0 spiro atoms. The molecule has 2 aromatic heterocycles. The summed E-state index contributed by atoms with van der Waals surface area (Å²) in [7, 11) is 0. The number of fused-ring (bicyclic) bond motifs is 10. The highest BCUT2D eigenvalue weighted by atomic mass is 35.6. The minimum Gasteiger partial charge on any atom is -0.487 e. The third kappa shape index (κ3) is 5.31. The van der Waals surface area contributed by atoms with Crippen molar-refractivity contribution in [1.82, 2.24) is 9.97 Å². The summed E-state index contributed by atoms with van der Waals surface area (Å²) in [6, 6.07) is 33.4. The van der Waals surface area contributed by atoms with Crippen LogP contribution in [0.15, 0.2) is 109 Å². The molecule has 0 fully saturated rings. The van der Waals surface area contributed by atoms with Crippen molar-refractivity contribution in [1.29, 1.82) is 0 Å². The molecule has 4 aromatic carbocycles. The number of pyridine rings is 2. The predicted octanol–water partition coefficient (Wildman–Crippen LogP) is 9.57. The fraction of sp³-hybridized carbons (Fsp3) is 0.0909. The van der Waals surface area contributed by atoms with E-state index >= 15 is 0 Å². The average Bonchev–Trinajstić information content (AvgIpc) is 2.98. The highest BCUT2D eigenvalue weighted by molar-refractivity contribution is 6.63. The summed E-state index contributed by atoms with van der Waals surface area (Å²) >= 11 is 14.4. The first-order valence-electron chi connectivity index (χ1n) is 12.7. The Morgan fingerprint density at radius 2 is 0.950 bits per heavy atom. The molecule has 1 aliphatic rings. The Morgan fingerprint density at radius 1 is 0.525 bits per heavy atom. The lowest BCUT2D eigenvalue weighted by molar-refractivity contribution is 0.300. The van der Waals surface area contributed by atoms with Gasteiger partial charge in [0.2, 0.25) is 0 Å². The largest absolute Gasteiger partial charge is 0.487 e. The zero-order chi connectivity index (χ0) is 27.5. The molecule has 6 aromatic rings. The van der Waals surface area contributed by atoms with Crippen LogP contribution < -0.4 is 9.47 Å². The summed E-state index contributed by atoms with van der Waals surface area (Å²) < 4.78 is 12.2. The van der Waals surface area contributed by atoms with E-state index in [4.69, 9.17) is 44.3 Å². The Balaban J connectivity index is 0.000000680. The lowest BCUT2D eigenvalue weighted by Gasteiger charge is -2.22. The first kappa shape index (κ1) is 26.4. The monoisotopic (exact) mass is 584 g/mol. The smallest absolute Gasteiger partial charge is 0.180 e. The predicted molar refractivity (Wildman–Crippen MR) is 164 cm³/mol. The SMILES string of the molecule is ClC(Cl)Cl.c1cnc2c(c1)OCc1ccc3ccccc3c1-c1c(ccc3ccccc13)COc1cccnc1-2. The van der Waals surface area contributed by atoms with Gasteiger partial charge in [0, 0.05) is 12.4 Å². The lowest BCUT2D eigenvalue weighted by atomic mass is 9.87. The molecule has 40 heavy (non-hydrogen) atoms. The maximum Gasteiger partial charge on any atom is 0.180 e. The number of hydrogen-bond acceptors (Lipinski definition) is 4. The first-order valence-corrected chi connectivity index (χ1v) is 14.0. The van der Waals surface area contributed by atoms with E-state index in [1.807, 2.05) is 24.3 Å². The molecule has 4 nitrogen and oxygen atoms in total. The van der Waals surface area contributed by atoms with Crippen LogP contribution in [0.4, 0.5) is 0 Å². The molecule has 0 radical (unpaired) electrons. The third-order valence-electron chi connectivity index (χ3n) is 6.81. The van der Waals surface area contributed by atoms with Crippen LogP contribution in [0.2, 0.25) is 0 Å². The summed E-state index contributed by atoms with van der Waals surface area (Å²) in [4.78, 5) is 9.22. The van der Waals surface area contributed by atoms with Gasteiger partial charge in [0.25, 0.3) is 0 Å². The van der Waals surface area contributed by atoms with Crippen LogP contribution in [0.1, 0.15) is 11.1 Å². The Hall–Kier alpha value is -3.83. The van der Waals surface area contributed by atoms with Gasteiger partial charge >= 0.3 is 0 Å². The number of halogens is 3. The highest BCUT2D eigenvalue weighted by Gasteiger charge is 2.21. The van der Waals surface area contributed by atoms with E-state index in [-0.39, 0.29) is 0 Å². The van der Waals surface area contributed by atoms with Crippen LogP contribution in [0.5, 0.6) is 11.5 Å². The zero-order valence-corrected chi connectivity index (χ0v) is 23.5. The van der Waals surface area contributed by atoms with E-state index in [9.17, 15) is 0 Å². The molecule has 0 saturated carbocycles. The van der Waals surface area contributed by atoms with Crippen molar-refractivity contribution >= 4 is 56.3 Å². The fourth-order valence-corrected chi connectivity index (χ4v) is 5.15. The minimum absolute atomic E-state index is 0.407. The number of alkyl halides is 3. The van der Waals surface area contributed by atoms with Crippen molar-refractivity contribution in [3.63, 3.8) is 0 Å². The molecule has 0 saturated heterocycles. The molecule has 7 rings (SSSR count). The molecule has 1 aliphatic heterocycles. The number of benzene rings is 4. The van der Waals surface area contributed by atoms with Gasteiger partial charge in [0.05, 0.1) is 0 Å². The van der Waals surface area contributed by atoms with E-state index in [1.165, 1.54) is 32.7 Å². The minimum atomic E-state index is -0.750. The van der Waals surface area contributed by atoms with Crippen LogP contribution in [0, 0.1) is 0 Å². The summed E-state index contributed by atoms with van der Waals surface area (Å²) in [5, 5.41) is 4.78. The molecule has 0 amide bonds. The summed E-state index contributed by atoms with van der Waals surface area (Å²) in [5.74, 6) is 1.36. The summed E-state index contributed by atoms with van der Waals surface area (Å²) in [6.45, 7) is 0.815. The molecule has 198 valence electrons. The van der Waals surface area contributed by atoms with Crippen LogP contribution in [0.25, 0.3) is 44.1 Å². The van der Waals surface area contributed by atoms with Crippen LogP contribution in [0.3, 0.4) is 0 Å². The van der Waals surface area contributed by atoms with Gasteiger partial charge in [0.1, 0.15) is 36.1 Å². The number of ether oxygens (including phenoxy) is 2. The second-order valence-corrected chi connectivity index (χ2v) is 11.1. The van der Waals surface area contributed by atoms with Crippen LogP contribution >= 0.6 is 34.8 Å². The van der Waals surface area contributed by atoms with Crippen molar-refractivity contribution in [2.24, 2.45) is 0 Å². The molecule has 0 atom stereocenters. The zero-order valence-electron chi connectivity index (χ0n) is 21.2. The molecule has 7 heteroatoms. The first-order chi connectivity index (χ1) is 19.6. The van der Waals surface area contributed by atoms with Gasteiger partial charge < -0.3 is 9.47 Å². The fourth-order valence-electron chi connectivity index (χ4n) is 5.15. The molecule has 3 heterocycles. The van der Waals surface area contributed by atoms with E-state index in [1.54, 1.807) is 12.4 Å². The molecule has 0 bridgehead atoms. The van der Waals surface area contributed by atoms with Gasteiger partial charge in [-0.1, -0.05) is 108 Å². The van der Waals surface area contributed by atoms with Gasteiger partial charge in [-0.05, 0) is 68.1 Å². The maximum absolute atomic E-state index is 6.46. The topological polar surface area (TPSA) is 44.2 Å². The van der Waals surface area contributed by atoms with Gasteiger partial charge in [-0.15, -0.1) is 0 Å². The third-order valence-corrected chi connectivity index (χ3v) is 6.81. The molecule has 0 aliphatic carbocycles. The van der Waals surface area contributed by atoms with Crippen LogP contribution in [-0.4, -0.2) is 14.3 Å². The highest BCUT2D eigenvalue weighted by Crippen LogP contribution is 2.41. The molecular weight excluding hydrogens is 563 g/mol. The van der Waals surface area contributed by atoms with Crippen molar-refractivity contribution in [3.8, 4) is 34.0 Å². The molecule has 0 N–H and O–H groups in total. The lowest BCUT2D eigenvalue weighted by Crippen LogP contribution is -2.06. The Labute approximate surface area is 247 Å². The quantitative estimate of drug-likeness (QED) is 0.167. The number of rotatable bonds is 0. The Bertz CT molecular complexity index is 1690. The number of aromatic nitrogens is 2. The van der Waals surface area contributed by atoms with Crippen LogP contribution in [-0.2, 0) is 13.2 Å². The van der Waals surface area contributed by atoms with Gasteiger partial charge in [-0.3, -0.25) is 9.97 Å². The van der Waals surface area contributed by atoms with Crippen molar-refractivity contribution in [2.75, 3.05) is 0 Å². The van der Waals surface area contributed by atoms with E-state index < -0.39 is 4.30 Å². The normalized spacial score (nSPS) is 12.3. The summed E-state index contributed by atoms with van der Waals surface area (Å²) in [6.07, 6.45) is 3.52.